The van der Waals surface area contributed by atoms with Crippen LogP contribution in [0.4, 0.5) is 0 Å². The minimum atomic E-state index is -1.42. The van der Waals surface area contributed by atoms with Crippen molar-refractivity contribution in [3.05, 3.63) is 0 Å². The zero-order chi connectivity index (χ0) is 12.3. The molecule has 96 valence electrons. The first-order valence-electron chi connectivity index (χ1n) is 5.08. The third kappa shape index (κ3) is 2.89. The number of ether oxygens (including phenoxy) is 2. The van der Waals surface area contributed by atoms with Crippen LogP contribution in [0.25, 0.3) is 0 Å². The highest BCUT2D eigenvalue weighted by molar-refractivity contribution is 4.87. The van der Waals surface area contributed by atoms with Gasteiger partial charge in [0, 0.05) is 0 Å². The van der Waals surface area contributed by atoms with Crippen LogP contribution in [0.2, 0.25) is 0 Å². The van der Waals surface area contributed by atoms with Gasteiger partial charge in [-0.3, -0.25) is 0 Å². The van der Waals surface area contributed by atoms with Crippen molar-refractivity contribution in [1.82, 2.24) is 0 Å². The summed E-state index contributed by atoms with van der Waals surface area (Å²) in [7, 11) is 0. The van der Waals surface area contributed by atoms with Gasteiger partial charge in [0.25, 0.3) is 0 Å². The molecule has 5 unspecified atom stereocenters. The maximum atomic E-state index is 9.54. The average Bonchev–Trinajstić information content (AvgIpc) is 2.29. The minimum Gasteiger partial charge on any atom is -0.394 e. The van der Waals surface area contributed by atoms with Crippen LogP contribution in [0.1, 0.15) is 6.92 Å². The van der Waals surface area contributed by atoms with Crippen molar-refractivity contribution in [2.24, 2.45) is 0 Å². The van der Waals surface area contributed by atoms with Crippen molar-refractivity contribution in [1.29, 1.82) is 0 Å². The van der Waals surface area contributed by atoms with Crippen LogP contribution in [0.5, 0.6) is 0 Å². The summed E-state index contributed by atoms with van der Waals surface area (Å²) >= 11 is 0. The smallest absolute Gasteiger partial charge is 0.187 e. The first kappa shape index (κ1) is 13.8. The summed E-state index contributed by atoms with van der Waals surface area (Å²) in [6, 6.07) is 0. The Hall–Kier alpha value is -0.280. The van der Waals surface area contributed by atoms with Gasteiger partial charge in [-0.25, -0.2) is 0 Å². The molecule has 0 amide bonds. The van der Waals surface area contributed by atoms with Crippen molar-refractivity contribution < 1.29 is 35.0 Å². The van der Waals surface area contributed by atoms with Gasteiger partial charge in [0.1, 0.15) is 24.4 Å². The van der Waals surface area contributed by atoms with Gasteiger partial charge >= 0.3 is 0 Å². The Morgan fingerprint density at radius 3 is 2.12 bits per heavy atom. The molecule has 5 N–H and O–H groups in total. The normalized spacial score (nSPS) is 40.3. The molecule has 5 atom stereocenters. The van der Waals surface area contributed by atoms with Crippen LogP contribution < -0.4 is 0 Å². The highest BCUT2D eigenvalue weighted by Gasteiger charge is 2.43. The van der Waals surface area contributed by atoms with Gasteiger partial charge < -0.3 is 35.0 Å². The van der Waals surface area contributed by atoms with Gasteiger partial charge in [-0.1, -0.05) is 0 Å². The monoisotopic (exact) mass is 238 g/mol. The second-order valence-electron chi connectivity index (χ2n) is 3.80. The predicted molar refractivity (Wildman–Crippen MR) is 51.4 cm³/mol. The second-order valence-corrected chi connectivity index (χ2v) is 3.80. The van der Waals surface area contributed by atoms with Gasteiger partial charge in [-0.15, -0.1) is 0 Å². The van der Waals surface area contributed by atoms with Crippen LogP contribution in [0.15, 0.2) is 0 Å². The minimum absolute atomic E-state index is 0.434. The lowest BCUT2D eigenvalue weighted by Gasteiger charge is -2.39. The molecule has 1 heterocycles. The molecule has 1 saturated heterocycles. The molecule has 7 nitrogen and oxygen atoms in total. The van der Waals surface area contributed by atoms with Crippen molar-refractivity contribution in [3.63, 3.8) is 0 Å². The lowest BCUT2D eigenvalue weighted by atomic mass is 10.00. The zero-order valence-corrected chi connectivity index (χ0v) is 8.93. The molecule has 0 aromatic carbocycles. The van der Waals surface area contributed by atoms with E-state index in [1.54, 1.807) is 0 Å². The second kappa shape index (κ2) is 5.87. The fourth-order valence-corrected chi connectivity index (χ4v) is 1.46. The van der Waals surface area contributed by atoms with E-state index in [2.05, 4.69) is 0 Å². The topological polar surface area (TPSA) is 120 Å². The largest absolute Gasteiger partial charge is 0.394 e. The van der Waals surface area contributed by atoms with Gasteiger partial charge in [-0.05, 0) is 6.92 Å². The van der Waals surface area contributed by atoms with Crippen LogP contribution >= 0.6 is 0 Å². The number of rotatable bonds is 4. The van der Waals surface area contributed by atoms with E-state index in [1.807, 2.05) is 0 Å². The molecular weight excluding hydrogens is 220 g/mol. The number of aliphatic hydroxyl groups excluding tert-OH is 5. The van der Waals surface area contributed by atoms with Gasteiger partial charge in [0.05, 0.1) is 19.3 Å². The van der Waals surface area contributed by atoms with Gasteiger partial charge in [0.2, 0.25) is 0 Å². The molecule has 7 heteroatoms. The number of aliphatic hydroxyl groups is 5. The third-order valence-corrected chi connectivity index (χ3v) is 2.54. The van der Waals surface area contributed by atoms with E-state index in [-0.39, 0.29) is 0 Å². The maximum absolute atomic E-state index is 9.54. The molecule has 0 bridgehead atoms. The molecule has 1 rings (SSSR count). The fourth-order valence-electron chi connectivity index (χ4n) is 1.46. The highest BCUT2D eigenvalue weighted by atomic mass is 16.7. The third-order valence-electron chi connectivity index (χ3n) is 2.54. The van der Waals surface area contributed by atoms with Gasteiger partial charge in [0.15, 0.2) is 6.29 Å². The molecule has 0 aromatic heterocycles. The first-order valence-corrected chi connectivity index (χ1v) is 5.08. The number of hydrogen-bond acceptors (Lipinski definition) is 7. The van der Waals surface area contributed by atoms with Crippen molar-refractivity contribution in [2.75, 3.05) is 13.2 Å². The molecular formula is C9H18O7. The Morgan fingerprint density at radius 1 is 1.06 bits per heavy atom. The van der Waals surface area contributed by atoms with Crippen LogP contribution in [0.3, 0.4) is 0 Å². The lowest BCUT2D eigenvalue weighted by Crippen LogP contribution is -2.58. The van der Waals surface area contributed by atoms with E-state index in [0.29, 0.717) is 0 Å². The molecule has 1 aliphatic rings. The summed E-state index contributed by atoms with van der Waals surface area (Å²) < 4.78 is 10.2. The van der Waals surface area contributed by atoms with Crippen LogP contribution in [-0.4, -0.2) is 75.6 Å². The van der Waals surface area contributed by atoms with Crippen LogP contribution in [-0.2, 0) is 9.47 Å². The number of hydrogen-bond donors (Lipinski definition) is 5. The van der Waals surface area contributed by atoms with Crippen molar-refractivity contribution >= 4 is 0 Å². The molecule has 0 aliphatic carbocycles. The summed E-state index contributed by atoms with van der Waals surface area (Å²) in [5.74, 6) is 0. The molecule has 16 heavy (non-hydrogen) atoms. The molecule has 0 aromatic rings. The Balaban J connectivity index is 2.59. The van der Waals surface area contributed by atoms with E-state index in [4.69, 9.17) is 19.7 Å². The molecule has 1 aliphatic heterocycles. The van der Waals surface area contributed by atoms with E-state index in [0.717, 1.165) is 0 Å². The standard InChI is InChI=1S/C9H18O7/c1-4-6(12)7(13)8(14)9(15-4)16-5(2-10)3-11/h4-14H,2-3H2,1H3. The molecule has 0 spiro atoms. The first-order chi connectivity index (χ1) is 7.51. The summed E-state index contributed by atoms with van der Waals surface area (Å²) in [4.78, 5) is 0. The van der Waals surface area contributed by atoms with Crippen molar-refractivity contribution in [2.45, 2.75) is 43.7 Å². The average molecular weight is 238 g/mol. The highest BCUT2D eigenvalue weighted by Crippen LogP contribution is 2.22. The summed E-state index contributed by atoms with van der Waals surface area (Å²) in [5.41, 5.74) is 0. The van der Waals surface area contributed by atoms with Gasteiger partial charge in [-0.2, -0.15) is 0 Å². The molecule has 1 fully saturated rings. The summed E-state index contributed by atoms with van der Waals surface area (Å²) in [6.07, 6.45) is -6.79. The summed E-state index contributed by atoms with van der Waals surface area (Å²) in [6.45, 7) is 0.648. The summed E-state index contributed by atoms with van der Waals surface area (Å²) in [5, 5.41) is 46.0. The Bertz CT molecular complexity index is 208. The quantitative estimate of drug-likeness (QED) is 0.358. The van der Waals surface area contributed by atoms with Crippen molar-refractivity contribution in [3.8, 4) is 0 Å². The predicted octanol–water partition coefficient (Wildman–Crippen LogP) is -2.82. The maximum Gasteiger partial charge on any atom is 0.187 e. The van der Waals surface area contributed by atoms with E-state index in [9.17, 15) is 15.3 Å². The van der Waals surface area contributed by atoms with E-state index < -0.39 is 50.0 Å². The molecule has 0 saturated carbocycles. The lowest BCUT2D eigenvalue weighted by molar-refractivity contribution is -0.308. The Morgan fingerprint density at radius 2 is 1.62 bits per heavy atom. The Kier molecular flexibility index (Phi) is 5.06. The van der Waals surface area contributed by atoms with E-state index >= 15 is 0 Å². The van der Waals surface area contributed by atoms with E-state index in [1.165, 1.54) is 6.92 Å². The van der Waals surface area contributed by atoms with Crippen LogP contribution in [0, 0.1) is 0 Å². The Labute approximate surface area is 92.9 Å². The molecule has 0 radical (unpaired) electrons. The fraction of sp³-hybridized carbons (Fsp3) is 1.00. The SMILES string of the molecule is CC1OC(OC(CO)CO)C(O)C(O)C1O. The zero-order valence-electron chi connectivity index (χ0n) is 8.93.